The summed E-state index contributed by atoms with van der Waals surface area (Å²) < 4.78 is 0. The van der Waals surface area contributed by atoms with Crippen LogP contribution in [-0.4, -0.2) is 53.8 Å². The van der Waals surface area contributed by atoms with Crippen molar-refractivity contribution in [3.63, 3.8) is 0 Å². The number of nitrogens with zero attached hydrogens (tertiary/aromatic N) is 2. The predicted molar refractivity (Wildman–Crippen MR) is 115 cm³/mol. The lowest BCUT2D eigenvalue weighted by molar-refractivity contribution is -0.140. The number of rotatable bonds is 6. The van der Waals surface area contributed by atoms with Crippen LogP contribution in [-0.2, 0) is 16.0 Å². The molecule has 6 heteroatoms. The Bertz CT molecular complexity index is 934. The van der Waals surface area contributed by atoms with Crippen LogP contribution < -0.4 is 0 Å². The van der Waals surface area contributed by atoms with E-state index in [0.29, 0.717) is 23.7 Å². The van der Waals surface area contributed by atoms with Crippen LogP contribution in [0.1, 0.15) is 29.7 Å². The number of aryl methyl sites for hydroxylation is 1. The molecule has 0 saturated carbocycles. The molecule has 1 amide bonds. The Morgan fingerprint density at radius 3 is 2.24 bits per heavy atom. The number of carbonyl (C=O) groups excluding carboxylic acids is 2. The SMILES string of the molecule is CCc1ccc(C2/C(=C(/O)c3ccc(Cl)cc3)C(=O)C(=O)N2CCN(C)C)cc1. The highest BCUT2D eigenvalue weighted by atomic mass is 35.5. The summed E-state index contributed by atoms with van der Waals surface area (Å²) >= 11 is 5.94. The van der Waals surface area contributed by atoms with Crippen molar-refractivity contribution >= 4 is 29.1 Å². The fourth-order valence-electron chi connectivity index (χ4n) is 3.46. The summed E-state index contributed by atoms with van der Waals surface area (Å²) in [5.41, 5.74) is 2.53. The van der Waals surface area contributed by atoms with Crippen molar-refractivity contribution < 1.29 is 14.7 Å². The Labute approximate surface area is 176 Å². The van der Waals surface area contributed by atoms with Crippen LogP contribution in [0.5, 0.6) is 0 Å². The second-order valence-electron chi connectivity index (χ2n) is 7.40. The van der Waals surface area contributed by atoms with E-state index in [9.17, 15) is 14.7 Å². The number of Topliss-reactive ketones (excluding diaryl/α,β-unsaturated/α-hetero) is 1. The fraction of sp³-hybridized carbons (Fsp3) is 0.304. The summed E-state index contributed by atoms with van der Waals surface area (Å²) in [6.45, 7) is 3.06. The van der Waals surface area contributed by atoms with Gasteiger partial charge in [0, 0.05) is 23.7 Å². The quantitative estimate of drug-likeness (QED) is 0.444. The number of hydrogen-bond acceptors (Lipinski definition) is 4. The van der Waals surface area contributed by atoms with Gasteiger partial charge in [-0.25, -0.2) is 0 Å². The van der Waals surface area contributed by atoms with Crippen LogP contribution in [0.4, 0.5) is 0 Å². The Morgan fingerprint density at radius 1 is 1.07 bits per heavy atom. The van der Waals surface area contributed by atoms with Crippen molar-refractivity contribution in [3.8, 4) is 0 Å². The first-order valence-electron chi connectivity index (χ1n) is 9.61. The number of aliphatic hydroxyl groups is 1. The zero-order chi connectivity index (χ0) is 21.1. The van der Waals surface area contributed by atoms with Gasteiger partial charge in [0.15, 0.2) is 0 Å². The molecule has 1 aliphatic heterocycles. The maximum atomic E-state index is 12.9. The number of benzene rings is 2. The zero-order valence-corrected chi connectivity index (χ0v) is 17.6. The molecule has 0 aliphatic carbocycles. The molecule has 1 aliphatic rings. The monoisotopic (exact) mass is 412 g/mol. The van der Waals surface area contributed by atoms with E-state index in [-0.39, 0.29) is 11.3 Å². The summed E-state index contributed by atoms with van der Waals surface area (Å²) in [5.74, 6) is -1.44. The van der Waals surface area contributed by atoms with Gasteiger partial charge in [0.2, 0.25) is 0 Å². The van der Waals surface area contributed by atoms with Gasteiger partial charge in [0.1, 0.15) is 5.76 Å². The van der Waals surface area contributed by atoms with Gasteiger partial charge in [-0.15, -0.1) is 0 Å². The van der Waals surface area contributed by atoms with E-state index in [1.54, 1.807) is 29.2 Å². The third kappa shape index (κ3) is 4.36. The first-order chi connectivity index (χ1) is 13.8. The van der Waals surface area contributed by atoms with Crippen LogP contribution in [0.3, 0.4) is 0 Å². The normalized spacial score (nSPS) is 18.7. The van der Waals surface area contributed by atoms with Crippen LogP contribution >= 0.6 is 11.6 Å². The van der Waals surface area contributed by atoms with Gasteiger partial charge in [-0.2, -0.15) is 0 Å². The molecule has 0 bridgehead atoms. The van der Waals surface area contributed by atoms with E-state index in [1.807, 2.05) is 43.3 Å². The van der Waals surface area contributed by atoms with E-state index >= 15 is 0 Å². The molecule has 2 aromatic rings. The number of likely N-dealkylation sites (N-methyl/N-ethyl adjacent to an activating group) is 1. The smallest absolute Gasteiger partial charge is 0.295 e. The Morgan fingerprint density at radius 2 is 1.69 bits per heavy atom. The maximum absolute atomic E-state index is 12.9. The predicted octanol–water partition coefficient (Wildman–Crippen LogP) is 3.89. The molecule has 3 rings (SSSR count). The van der Waals surface area contributed by atoms with Crippen LogP contribution in [0, 0.1) is 0 Å². The van der Waals surface area contributed by atoms with Crippen molar-refractivity contribution in [2.75, 3.05) is 27.2 Å². The van der Waals surface area contributed by atoms with Gasteiger partial charge < -0.3 is 14.9 Å². The molecule has 1 saturated heterocycles. The van der Waals surface area contributed by atoms with Crippen molar-refractivity contribution in [3.05, 3.63) is 75.8 Å². The van der Waals surface area contributed by atoms with Crippen LogP contribution in [0.25, 0.3) is 5.76 Å². The van der Waals surface area contributed by atoms with Gasteiger partial charge in [-0.3, -0.25) is 9.59 Å². The number of likely N-dealkylation sites (tertiary alicyclic amines) is 1. The summed E-state index contributed by atoms with van der Waals surface area (Å²) in [7, 11) is 3.82. The average molecular weight is 413 g/mol. The number of aliphatic hydroxyl groups excluding tert-OH is 1. The maximum Gasteiger partial charge on any atom is 0.295 e. The Balaban J connectivity index is 2.12. The average Bonchev–Trinajstić information content (AvgIpc) is 2.97. The molecule has 1 N–H and O–H groups in total. The number of amides is 1. The standard InChI is InChI=1S/C23H25ClN2O3/c1-4-15-5-7-16(8-6-15)20-19(21(27)17-9-11-18(24)12-10-17)22(28)23(29)26(20)14-13-25(2)3/h5-12,20,27H,4,13-14H2,1-3H3/b21-19-. The van der Waals surface area contributed by atoms with Crippen molar-refractivity contribution in [2.24, 2.45) is 0 Å². The third-order valence-corrected chi connectivity index (χ3v) is 5.40. The van der Waals surface area contributed by atoms with E-state index < -0.39 is 17.7 Å². The number of halogens is 1. The number of hydrogen-bond donors (Lipinski definition) is 1. The van der Waals surface area contributed by atoms with Crippen LogP contribution in [0.15, 0.2) is 54.1 Å². The molecule has 1 unspecified atom stereocenters. The van der Waals surface area contributed by atoms with Crippen molar-refractivity contribution in [2.45, 2.75) is 19.4 Å². The highest BCUT2D eigenvalue weighted by Gasteiger charge is 2.45. The number of carbonyl (C=O) groups is 2. The zero-order valence-electron chi connectivity index (χ0n) is 16.9. The summed E-state index contributed by atoms with van der Waals surface area (Å²) in [5, 5.41) is 11.5. The lowest BCUT2D eigenvalue weighted by atomic mass is 9.94. The van der Waals surface area contributed by atoms with Gasteiger partial charge in [0.25, 0.3) is 11.7 Å². The summed E-state index contributed by atoms with van der Waals surface area (Å²) in [6.07, 6.45) is 0.895. The molecular weight excluding hydrogens is 388 g/mol. The van der Waals surface area contributed by atoms with Gasteiger partial charge in [-0.05, 0) is 55.9 Å². The molecule has 0 spiro atoms. The third-order valence-electron chi connectivity index (χ3n) is 5.15. The second kappa shape index (κ2) is 8.80. The number of ketones is 1. The largest absolute Gasteiger partial charge is 0.507 e. The first kappa shape index (κ1) is 21.1. The highest BCUT2D eigenvalue weighted by molar-refractivity contribution is 6.46. The lowest BCUT2D eigenvalue weighted by Gasteiger charge is -2.26. The Kier molecular flexibility index (Phi) is 6.40. The summed E-state index contributed by atoms with van der Waals surface area (Å²) in [4.78, 5) is 29.2. The van der Waals surface area contributed by atoms with Gasteiger partial charge >= 0.3 is 0 Å². The lowest BCUT2D eigenvalue weighted by Crippen LogP contribution is -2.35. The van der Waals surface area contributed by atoms with Crippen LogP contribution in [0.2, 0.25) is 5.02 Å². The summed E-state index contributed by atoms with van der Waals surface area (Å²) in [6, 6.07) is 13.8. The first-order valence-corrected chi connectivity index (χ1v) is 9.99. The van der Waals surface area contributed by atoms with Gasteiger partial charge in [-0.1, -0.05) is 42.8 Å². The molecule has 1 fully saturated rings. The minimum atomic E-state index is -0.666. The molecule has 0 radical (unpaired) electrons. The van der Waals surface area contributed by atoms with Crippen molar-refractivity contribution in [1.29, 1.82) is 0 Å². The molecule has 1 heterocycles. The second-order valence-corrected chi connectivity index (χ2v) is 7.83. The topological polar surface area (TPSA) is 60.9 Å². The minimum absolute atomic E-state index is 0.111. The molecule has 1 atom stereocenters. The Hall–Kier alpha value is -2.63. The van der Waals surface area contributed by atoms with E-state index in [1.165, 1.54) is 0 Å². The minimum Gasteiger partial charge on any atom is -0.507 e. The molecule has 29 heavy (non-hydrogen) atoms. The van der Waals surface area contributed by atoms with E-state index in [0.717, 1.165) is 17.5 Å². The van der Waals surface area contributed by atoms with Crippen molar-refractivity contribution in [1.82, 2.24) is 9.80 Å². The highest BCUT2D eigenvalue weighted by Crippen LogP contribution is 2.39. The van der Waals surface area contributed by atoms with Gasteiger partial charge in [0.05, 0.1) is 11.6 Å². The molecular formula is C23H25ClN2O3. The fourth-order valence-corrected chi connectivity index (χ4v) is 3.59. The molecule has 2 aromatic carbocycles. The van der Waals surface area contributed by atoms with E-state index in [2.05, 4.69) is 6.92 Å². The molecule has 5 nitrogen and oxygen atoms in total. The van der Waals surface area contributed by atoms with E-state index in [4.69, 9.17) is 11.6 Å². The molecule has 152 valence electrons. The molecule has 0 aromatic heterocycles.